The zero-order valence-electron chi connectivity index (χ0n) is 24.6. The molecule has 0 aliphatic carbocycles. The lowest BCUT2D eigenvalue weighted by molar-refractivity contribution is 0.929. The summed E-state index contributed by atoms with van der Waals surface area (Å²) in [5.74, 6) is 1.77. The summed E-state index contributed by atoms with van der Waals surface area (Å²) in [4.78, 5) is 17.4. The first-order valence-electron chi connectivity index (χ1n) is 14.3. The Kier molecular flexibility index (Phi) is 6.33. The van der Waals surface area contributed by atoms with Crippen LogP contribution < -0.4 is 0 Å². The molecular weight excluding hydrogens is 526 g/mol. The molecule has 0 N–H and O–H groups in total. The molecule has 7 aromatic rings. The average molecular weight is 556 g/mol. The fraction of sp³-hybridized carbons (Fsp3) is 0.105. The highest BCUT2D eigenvalue weighted by molar-refractivity contribution is 6.11. The summed E-state index contributed by atoms with van der Waals surface area (Å²) in [7, 11) is 0. The molecule has 206 valence electrons. The van der Waals surface area contributed by atoms with Crippen molar-refractivity contribution >= 4 is 27.5 Å². The lowest BCUT2D eigenvalue weighted by Crippen LogP contribution is -2.00. The van der Waals surface area contributed by atoms with Gasteiger partial charge in [0.1, 0.15) is 11.6 Å². The van der Waals surface area contributed by atoms with Crippen molar-refractivity contribution in [2.75, 3.05) is 0 Å². The molecule has 7 rings (SSSR count). The van der Waals surface area contributed by atoms with Gasteiger partial charge in [0.05, 0.1) is 17.6 Å². The molecule has 0 aliphatic rings. The van der Waals surface area contributed by atoms with E-state index < -0.39 is 0 Å². The smallest absolute Gasteiger partial charge is 0.198 e. The molecule has 0 fully saturated rings. The van der Waals surface area contributed by atoms with Gasteiger partial charge in [0, 0.05) is 22.0 Å². The topological polar surface area (TPSA) is 48.0 Å². The van der Waals surface area contributed by atoms with Gasteiger partial charge < -0.3 is 4.57 Å². The van der Waals surface area contributed by atoms with Crippen molar-refractivity contribution in [3.63, 3.8) is 0 Å². The zero-order chi connectivity index (χ0) is 29.7. The minimum Gasteiger partial charge on any atom is -0.309 e. The highest BCUT2D eigenvalue weighted by Gasteiger charge is 2.18. The second kappa shape index (κ2) is 10.3. The van der Waals surface area contributed by atoms with Gasteiger partial charge in [0.25, 0.3) is 0 Å². The van der Waals surface area contributed by atoms with Gasteiger partial charge in [-0.15, -0.1) is 0 Å². The lowest BCUT2D eigenvalue weighted by Gasteiger charge is -2.13. The molecule has 2 aromatic heterocycles. The summed E-state index contributed by atoms with van der Waals surface area (Å²) >= 11 is 0. The summed E-state index contributed by atoms with van der Waals surface area (Å²) in [5.41, 5.74) is 11.5. The standard InChI is InChI=1S/C38H29N5/c1-23-6-10-27(11-7-23)29-14-17-32-33-18-15-30(28-12-8-24(2)9-13-28)21-37(33)43(36(32)20-29)31-16-19-35(39-5)34(22-31)38-41-25(3)40-26(4)42-38/h6-22H,1-4H3. The third-order valence-corrected chi connectivity index (χ3v) is 8.00. The number of aryl methyl sites for hydroxylation is 4. The molecular formula is C38H29N5. The SMILES string of the molecule is [C-]#[N+]c1ccc(-n2c3cc(-c4ccc(C)cc4)ccc3c3ccc(-c4ccc(C)cc4)cc32)cc1-c1nc(C)nc(C)n1. The van der Waals surface area contributed by atoms with Crippen LogP contribution in [0.25, 0.3) is 66.0 Å². The Morgan fingerprint density at radius 1 is 0.535 bits per heavy atom. The third-order valence-electron chi connectivity index (χ3n) is 8.00. The fourth-order valence-corrected chi connectivity index (χ4v) is 5.82. The third kappa shape index (κ3) is 4.73. The van der Waals surface area contributed by atoms with Gasteiger partial charge in [-0.25, -0.2) is 19.8 Å². The maximum Gasteiger partial charge on any atom is 0.198 e. The number of hydrogen-bond donors (Lipinski definition) is 0. The van der Waals surface area contributed by atoms with Crippen molar-refractivity contribution in [1.29, 1.82) is 0 Å². The molecule has 0 bridgehead atoms. The van der Waals surface area contributed by atoms with E-state index >= 15 is 0 Å². The van der Waals surface area contributed by atoms with Gasteiger partial charge in [-0.1, -0.05) is 90.0 Å². The van der Waals surface area contributed by atoms with E-state index in [1.54, 1.807) is 0 Å². The molecule has 0 atom stereocenters. The van der Waals surface area contributed by atoms with Crippen LogP contribution in [0.5, 0.6) is 0 Å². The molecule has 0 radical (unpaired) electrons. The highest BCUT2D eigenvalue weighted by Crippen LogP contribution is 2.39. The van der Waals surface area contributed by atoms with Gasteiger partial charge in [-0.2, -0.15) is 0 Å². The predicted octanol–water partition coefficient (Wildman–Crippen LogP) is 9.75. The number of aromatic nitrogens is 4. The summed E-state index contributed by atoms with van der Waals surface area (Å²) < 4.78 is 2.30. The molecule has 5 heteroatoms. The Hall–Kier alpha value is -5.60. The van der Waals surface area contributed by atoms with Crippen LogP contribution in [0.3, 0.4) is 0 Å². The quantitative estimate of drug-likeness (QED) is 0.203. The molecule has 0 aliphatic heterocycles. The zero-order valence-corrected chi connectivity index (χ0v) is 24.6. The van der Waals surface area contributed by atoms with E-state index in [9.17, 15) is 0 Å². The molecule has 2 heterocycles. The number of rotatable bonds is 4. The van der Waals surface area contributed by atoms with Crippen LogP contribution in [-0.4, -0.2) is 19.5 Å². The van der Waals surface area contributed by atoms with Crippen LogP contribution in [0.2, 0.25) is 0 Å². The van der Waals surface area contributed by atoms with Crippen LogP contribution in [0, 0.1) is 34.3 Å². The average Bonchev–Trinajstić information content (AvgIpc) is 3.34. The molecule has 0 unspecified atom stereocenters. The van der Waals surface area contributed by atoms with Crippen LogP contribution in [0.4, 0.5) is 5.69 Å². The first-order valence-corrected chi connectivity index (χ1v) is 14.3. The number of hydrogen-bond acceptors (Lipinski definition) is 3. The van der Waals surface area contributed by atoms with E-state index in [1.165, 1.54) is 33.0 Å². The fourth-order valence-electron chi connectivity index (χ4n) is 5.82. The van der Waals surface area contributed by atoms with E-state index in [0.717, 1.165) is 27.8 Å². The maximum atomic E-state index is 7.87. The first kappa shape index (κ1) is 26.3. The van der Waals surface area contributed by atoms with E-state index in [0.29, 0.717) is 28.7 Å². The normalized spacial score (nSPS) is 11.2. The van der Waals surface area contributed by atoms with Gasteiger partial charge in [0.2, 0.25) is 0 Å². The summed E-state index contributed by atoms with van der Waals surface area (Å²) in [6, 6.07) is 36.6. The van der Waals surface area contributed by atoms with Gasteiger partial charge in [-0.3, -0.25) is 0 Å². The minimum atomic E-state index is 0.509. The Morgan fingerprint density at radius 2 is 1.02 bits per heavy atom. The van der Waals surface area contributed by atoms with Crippen LogP contribution in [0.1, 0.15) is 22.8 Å². The molecule has 0 spiro atoms. The largest absolute Gasteiger partial charge is 0.309 e. The van der Waals surface area contributed by atoms with Crippen molar-refractivity contribution in [2.45, 2.75) is 27.7 Å². The van der Waals surface area contributed by atoms with Crippen LogP contribution in [0.15, 0.2) is 103 Å². The van der Waals surface area contributed by atoms with Gasteiger partial charge in [-0.05, 0) is 74.2 Å². The molecule has 0 amide bonds. The Balaban J connectivity index is 1.53. The second-order valence-corrected chi connectivity index (χ2v) is 11.1. The van der Waals surface area contributed by atoms with Crippen molar-refractivity contribution in [1.82, 2.24) is 19.5 Å². The van der Waals surface area contributed by atoms with Gasteiger partial charge in [0.15, 0.2) is 11.5 Å². The lowest BCUT2D eigenvalue weighted by atomic mass is 10.0. The highest BCUT2D eigenvalue weighted by atomic mass is 15.0. The molecule has 5 nitrogen and oxygen atoms in total. The number of fused-ring (bicyclic) bond motifs is 3. The maximum absolute atomic E-state index is 7.87. The molecule has 0 saturated heterocycles. The van der Waals surface area contributed by atoms with E-state index in [1.807, 2.05) is 32.0 Å². The first-order chi connectivity index (χ1) is 20.9. The summed E-state index contributed by atoms with van der Waals surface area (Å²) in [6.07, 6.45) is 0. The summed E-state index contributed by atoms with van der Waals surface area (Å²) in [6.45, 7) is 15.8. The molecule has 5 aromatic carbocycles. The van der Waals surface area contributed by atoms with Crippen LogP contribution in [-0.2, 0) is 0 Å². The van der Waals surface area contributed by atoms with Crippen molar-refractivity contribution < 1.29 is 0 Å². The monoisotopic (exact) mass is 555 g/mol. The molecule has 43 heavy (non-hydrogen) atoms. The predicted molar refractivity (Wildman–Crippen MR) is 176 cm³/mol. The summed E-state index contributed by atoms with van der Waals surface area (Å²) in [5, 5.41) is 2.34. The second-order valence-electron chi connectivity index (χ2n) is 11.1. The Morgan fingerprint density at radius 3 is 1.51 bits per heavy atom. The van der Waals surface area contributed by atoms with Crippen molar-refractivity contribution in [3.05, 3.63) is 137 Å². The van der Waals surface area contributed by atoms with E-state index in [4.69, 9.17) is 6.57 Å². The van der Waals surface area contributed by atoms with Crippen molar-refractivity contribution in [2.24, 2.45) is 0 Å². The Labute approximate surface area is 251 Å². The number of nitrogens with zero attached hydrogens (tertiary/aromatic N) is 5. The van der Waals surface area contributed by atoms with Crippen molar-refractivity contribution in [3.8, 4) is 39.3 Å². The number of benzene rings is 5. The van der Waals surface area contributed by atoms with Crippen LogP contribution >= 0.6 is 0 Å². The minimum absolute atomic E-state index is 0.509. The molecule has 0 saturated carbocycles. The van der Waals surface area contributed by atoms with E-state index in [-0.39, 0.29) is 0 Å². The Bertz CT molecular complexity index is 2090. The van der Waals surface area contributed by atoms with E-state index in [2.05, 4.69) is 123 Å². The van der Waals surface area contributed by atoms with Gasteiger partial charge >= 0.3 is 0 Å².